The van der Waals surface area contributed by atoms with E-state index >= 15 is 0 Å². The van der Waals surface area contributed by atoms with Gasteiger partial charge < -0.3 is 9.90 Å². The number of nitrogens with zero attached hydrogens (tertiary/aromatic N) is 1. The molecule has 0 aromatic heterocycles. The van der Waals surface area contributed by atoms with Crippen LogP contribution in [0.2, 0.25) is 0 Å². The molecular weight excluding hydrogens is 282 g/mol. The fourth-order valence-electron chi connectivity index (χ4n) is 2.18. The molecule has 5 nitrogen and oxygen atoms in total. The third kappa shape index (κ3) is 3.14. The number of rotatable bonds is 3. The zero-order valence-electron chi connectivity index (χ0n) is 12.6. The van der Waals surface area contributed by atoms with Gasteiger partial charge in [-0.1, -0.05) is 51.1 Å². The third-order valence-corrected chi connectivity index (χ3v) is 3.49. The molecule has 114 valence electrons. The van der Waals surface area contributed by atoms with Gasteiger partial charge in [0, 0.05) is 6.07 Å². The van der Waals surface area contributed by atoms with Gasteiger partial charge in [0.05, 0.1) is 16.5 Å². The Balaban J connectivity index is 2.55. The van der Waals surface area contributed by atoms with Crippen molar-refractivity contribution in [3.8, 4) is 11.1 Å². The highest BCUT2D eigenvalue weighted by Gasteiger charge is 2.21. The quantitative estimate of drug-likeness (QED) is 0.644. The zero-order chi connectivity index (χ0) is 16.5. The van der Waals surface area contributed by atoms with E-state index in [9.17, 15) is 20.0 Å². The van der Waals surface area contributed by atoms with Crippen LogP contribution in [0.5, 0.6) is 0 Å². The number of carboxylic acids is 1. The van der Waals surface area contributed by atoms with Gasteiger partial charge in [0.15, 0.2) is 0 Å². The lowest BCUT2D eigenvalue weighted by Gasteiger charge is -2.19. The maximum atomic E-state index is 11.4. The van der Waals surface area contributed by atoms with Crippen molar-refractivity contribution >= 4 is 11.7 Å². The van der Waals surface area contributed by atoms with E-state index in [0.717, 1.165) is 5.56 Å². The van der Waals surface area contributed by atoms with Crippen LogP contribution in [-0.4, -0.2) is 10.9 Å². The summed E-state index contributed by atoms with van der Waals surface area (Å²) in [6.07, 6.45) is 0. The number of nitro benzene ring substituents is 1. The van der Waals surface area contributed by atoms with Crippen molar-refractivity contribution in [2.75, 3.05) is 0 Å². The standard InChI is InChI=1S/C17H17NO4/c1-17(2,3)13-8-9-14(15(10-13)18(21)22)11-4-6-12(7-5-11)16(19)20/h4-10H,1-3H3,(H,19,20)/p-1. The molecule has 0 spiro atoms. The van der Waals surface area contributed by atoms with Gasteiger partial charge in [-0.3, -0.25) is 10.1 Å². The molecule has 0 heterocycles. The van der Waals surface area contributed by atoms with Crippen molar-refractivity contribution in [1.82, 2.24) is 0 Å². The van der Waals surface area contributed by atoms with E-state index in [2.05, 4.69) is 0 Å². The molecule has 0 amide bonds. The van der Waals surface area contributed by atoms with Gasteiger partial charge in [0.2, 0.25) is 0 Å². The average Bonchev–Trinajstić information content (AvgIpc) is 2.45. The van der Waals surface area contributed by atoms with Crippen molar-refractivity contribution in [2.24, 2.45) is 0 Å². The number of nitro groups is 1. The van der Waals surface area contributed by atoms with E-state index in [1.165, 1.54) is 12.1 Å². The Bertz CT molecular complexity index is 727. The van der Waals surface area contributed by atoms with E-state index in [0.29, 0.717) is 11.1 Å². The third-order valence-electron chi connectivity index (χ3n) is 3.49. The number of hydrogen-bond donors (Lipinski definition) is 0. The van der Waals surface area contributed by atoms with Crippen LogP contribution in [0.3, 0.4) is 0 Å². The molecule has 0 aliphatic heterocycles. The number of aromatic carboxylic acids is 1. The molecule has 0 radical (unpaired) electrons. The Hall–Kier alpha value is -2.69. The maximum absolute atomic E-state index is 11.4. The van der Waals surface area contributed by atoms with Crippen LogP contribution < -0.4 is 5.11 Å². The van der Waals surface area contributed by atoms with Gasteiger partial charge in [-0.25, -0.2) is 0 Å². The van der Waals surface area contributed by atoms with E-state index in [1.807, 2.05) is 26.8 Å². The zero-order valence-corrected chi connectivity index (χ0v) is 12.6. The van der Waals surface area contributed by atoms with Crippen molar-refractivity contribution in [3.05, 3.63) is 63.7 Å². The second-order valence-corrected chi connectivity index (χ2v) is 6.10. The largest absolute Gasteiger partial charge is 0.545 e. The Morgan fingerprint density at radius 1 is 1.05 bits per heavy atom. The average molecular weight is 298 g/mol. The van der Waals surface area contributed by atoms with E-state index < -0.39 is 10.9 Å². The fourth-order valence-corrected chi connectivity index (χ4v) is 2.18. The minimum atomic E-state index is -1.27. The first-order chi connectivity index (χ1) is 10.2. The topological polar surface area (TPSA) is 83.3 Å². The van der Waals surface area contributed by atoms with Crippen LogP contribution >= 0.6 is 0 Å². The smallest absolute Gasteiger partial charge is 0.277 e. The van der Waals surface area contributed by atoms with Gasteiger partial charge in [-0.2, -0.15) is 0 Å². The molecule has 0 aliphatic carbocycles. The molecule has 0 atom stereocenters. The molecule has 0 saturated heterocycles. The normalized spacial score (nSPS) is 11.2. The van der Waals surface area contributed by atoms with Gasteiger partial charge in [0.1, 0.15) is 0 Å². The molecule has 0 unspecified atom stereocenters. The molecule has 0 aliphatic rings. The van der Waals surface area contributed by atoms with Crippen molar-refractivity contribution in [3.63, 3.8) is 0 Å². The molecule has 2 aromatic carbocycles. The Kier molecular flexibility index (Phi) is 3.99. The summed E-state index contributed by atoms with van der Waals surface area (Å²) in [6.45, 7) is 5.96. The molecular formula is C17H16NO4-. The van der Waals surface area contributed by atoms with Gasteiger partial charge in [0.25, 0.3) is 5.69 Å². The van der Waals surface area contributed by atoms with E-state index in [4.69, 9.17) is 0 Å². The van der Waals surface area contributed by atoms with Crippen LogP contribution in [0.25, 0.3) is 11.1 Å². The second kappa shape index (κ2) is 5.60. The van der Waals surface area contributed by atoms with Gasteiger partial charge in [-0.15, -0.1) is 0 Å². The predicted octanol–water partition coefficient (Wildman–Crippen LogP) is 2.92. The summed E-state index contributed by atoms with van der Waals surface area (Å²) >= 11 is 0. The summed E-state index contributed by atoms with van der Waals surface area (Å²) in [5, 5.41) is 22.1. The van der Waals surface area contributed by atoms with Crippen LogP contribution in [0.15, 0.2) is 42.5 Å². The first-order valence-corrected chi connectivity index (χ1v) is 6.81. The molecule has 0 fully saturated rings. The molecule has 2 rings (SSSR count). The molecule has 5 heteroatoms. The number of carbonyl (C=O) groups excluding carboxylic acids is 1. The number of hydrogen-bond acceptors (Lipinski definition) is 4. The van der Waals surface area contributed by atoms with Crippen molar-refractivity contribution in [2.45, 2.75) is 26.2 Å². The van der Waals surface area contributed by atoms with Gasteiger partial charge >= 0.3 is 0 Å². The van der Waals surface area contributed by atoms with Gasteiger partial charge in [-0.05, 0) is 28.2 Å². The van der Waals surface area contributed by atoms with E-state index in [-0.39, 0.29) is 16.7 Å². The lowest BCUT2D eigenvalue weighted by molar-refractivity contribution is -0.384. The maximum Gasteiger partial charge on any atom is 0.277 e. The Morgan fingerprint density at radius 2 is 1.64 bits per heavy atom. The van der Waals surface area contributed by atoms with Crippen molar-refractivity contribution < 1.29 is 14.8 Å². The minimum Gasteiger partial charge on any atom is -0.545 e. The highest BCUT2D eigenvalue weighted by molar-refractivity contribution is 5.87. The predicted molar refractivity (Wildman–Crippen MR) is 81.6 cm³/mol. The lowest BCUT2D eigenvalue weighted by atomic mass is 9.85. The molecule has 22 heavy (non-hydrogen) atoms. The van der Waals surface area contributed by atoms with Crippen LogP contribution in [0.1, 0.15) is 36.7 Å². The minimum absolute atomic E-state index is 0.00799. The summed E-state index contributed by atoms with van der Waals surface area (Å²) in [5.74, 6) is -1.27. The number of benzene rings is 2. The highest BCUT2D eigenvalue weighted by atomic mass is 16.6. The van der Waals surface area contributed by atoms with Crippen molar-refractivity contribution in [1.29, 1.82) is 0 Å². The fraction of sp³-hybridized carbons (Fsp3) is 0.235. The molecule has 0 N–H and O–H groups in total. The second-order valence-electron chi connectivity index (χ2n) is 6.10. The summed E-state index contributed by atoms with van der Waals surface area (Å²) in [4.78, 5) is 21.7. The summed E-state index contributed by atoms with van der Waals surface area (Å²) < 4.78 is 0. The van der Waals surface area contributed by atoms with Crippen LogP contribution in [-0.2, 0) is 5.41 Å². The Morgan fingerprint density at radius 3 is 2.09 bits per heavy atom. The molecule has 0 saturated carbocycles. The lowest BCUT2D eigenvalue weighted by Crippen LogP contribution is -2.21. The highest BCUT2D eigenvalue weighted by Crippen LogP contribution is 2.34. The Labute approximate surface area is 128 Å². The first-order valence-electron chi connectivity index (χ1n) is 6.81. The summed E-state index contributed by atoms with van der Waals surface area (Å²) in [7, 11) is 0. The number of carbonyl (C=O) groups is 1. The molecule has 0 bridgehead atoms. The monoisotopic (exact) mass is 298 g/mol. The van der Waals surface area contributed by atoms with E-state index in [1.54, 1.807) is 24.3 Å². The van der Waals surface area contributed by atoms with Crippen LogP contribution in [0, 0.1) is 10.1 Å². The SMILES string of the molecule is CC(C)(C)c1ccc(-c2ccc(C(=O)[O-])cc2)c([N+](=O)[O-])c1. The first kappa shape index (κ1) is 15.7. The summed E-state index contributed by atoms with van der Waals surface area (Å²) in [5.41, 5.74) is 1.78. The number of carboxylic acid groups (broad SMARTS) is 1. The molecule has 2 aromatic rings. The van der Waals surface area contributed by atoms with Crippen LogP contribution in [0.4, 0.5) is 5.69 Å². The summed E-state index contributed by atoms with van der Waals surface area (Å²) in [6, 6.07) is 11.0.